The Morgan fingerprint density at radius 3 is 2.44 bits per heavy atom. The van der Waals surface area contributed by atoms with E-state index in [1.54, 1.807) is 4.57 Å². The maximum atomic E-state index is 13.0. The van der Waals surface area contributed by atoms with Crippen LogP contribution >= 0.6 is 0 Å². The summed E-state index contributed by atoms with van der Waals surface area (Å²) in [6, 6.07) is 17.5. The molecule has 2 heterocycles. The third-order valence-electron chi connectivity index (χ3n) is 5.07. The monoisotopic (exact) mass is 333 g/mol. The molecule has 2 unspecified atom stereocenters. The Labute approximate surface area is 145 Å². The second-order valence-electron chi connectivity index (χ2n) is 6.54. The van der Waals surface area contributed by atoms with Crippen molar-refractivity contribution in [2.45, 2.75) is 19.3 Å². The highest BCUT2D eigenvalue weighted by atomic mass is 16.2. The minimum absolute atomic E-state index is 0.0164. The van der Waals surface area contributed by atoms with E-state index in [2.05, 4.69) is 4.98 Å². The van der Waals surface area contributed by atoms with E-state index in [1.165, 1.54) is 4.90 Å². The van der Waals surface area contributed by atoms with Crippen molar-refractivity contribution in [3.8, 4) is 0 Å². The number of rotatable bonds is 3. The van der Waals surface area contributed by atoms with Crippen LogP contribution in [-0.2, 0) is 16.6 Å². The molecule has 0 aliphatic carbocycles. The summed E-state index contributed by atoms with van der Waals surface area (Å²) in [4.78, 5) is 31.4. The zero-order chi connectivity index (χ0) is 17.6. The molecule has 0 bridgehead atoms. The summed E-state index contributed by atoms with van der Waals surface area (Å²) in [7, 11) is 1.83. The van der Waals surface area contributed by atoms with Gasteiger partial charge in [0.2, 0.25) is 17.8 Å². The summed E-state index contributed by atoms with van der Waals surface area (Å²) >= 11 is 0. The smallest absolute Gasteiger partial charge is 0.240 e. The fourth-order valence-electron chi connectivity index (χ4n) is 3.58. The number of hydrogen-bond donors (Lipinski definition) is 0. The lowest BCUT2D eigenvalue weighted by atomic mass is 9.86. The van der Waals surface area contributed by atoms with Crippen LogP contribution in [0.3, 0.4) is 0 Å². The summed E-state index contributed by atoms with van der Waals surface area (Å²) in [6.45, 7) is 2.00. The fourth-order valence-corrected chi connectivity index (χ4v) is 3.58. The molecule has 1 aliphatic rings. The van der Waals surface area contributed by atoms with Gasteiger partial charge < -0.3 is 4.57 Å². The quantitative estimate of drug-likeness (QED) is 0.691. The largest absolute Gasteiger partial charge is 0.312 e. The number of aryl methyl sites for hydroxylation is 1. The molecule has 1 fully saturated rings. The Bertz CT molecular complexity index is 961. The lowest BCUT2D eigenvalue weighted by molar-refractivity contribution is -0.122. The second-order valence-corrected chi connectivity index (χ2v) is 6.54. The van der Waals surface area contributed by atoms with Crippen molar-refractivity contribution in [2.75, 3.05) is 4.90 Å². The van der Waals surface area contributed by atoms with Crippen molar-refractivity contribution in [1.82, 2.24) is 9.55 Å². The molecule has 1 saturated heterocycles. The number of nitrogens with zero attached hydrogens (tertiary/aromatic N) is 3. The Morgan fingerprint density at radius 1 is 1.04 bits per heavy atom. The molecule has 4 rings (SSSR count). The molecule has 5 nitrogen and oxygen atoms in total. The number of carbonyl (C=O) groups excluding carboxylic acids is 2. The van der Waals surface area contributed by atoms with E-state index >= 15 is 0 Å². The van der Waals surface area contributed by atoms with Crippen molar-refractivity contribution in [3.63, 3.8) is 0 Å². The van der Waals surface area contributed by atoms with E-state index in [0.29, 0.717) is 5.95 Å². The van der Waals surface area contributed by atoms with Crippen LogP contribution in [0.2, 0.25) is 0 Å². The number of hydrogen-bond acceptors (Lipinski definition) is 3. The van der Waals surface area contributed by atoms with Crippen molar-refractivity contribution < 1.29 is 9.59 Å². The molecule has 25 heavy (non-hydrogen) atoms. The number of amides is 2. The van der Waals surface area contributed by atoms with Crippen LogP contribution in [0.1, 0.15) is 24.8 Å². The summed E-state index contributed by atoms with van der Waals surface area (Å²) in [5.41, 5.74) is 2.75. The molecule has 2 atom stereocenters. The molecule has 3 aromatic rings. The maximum absolute atomic E-state index is 13.0. The van der Waals surface area contributed by atoms with Crippen molar-refractivity contribution in [1.29, 1.82) is 0 Å². The molecule has 0 radical (unpaired) electrons. The minimum atomic E-state index is -0.352. The molecule has 2 aromatic carbocycles. The third kappa shape index (κ3) is 2.43. The summed E-state index contributed by atoms with van der Waals surface area (Å²) < 4.78 is 1.81. The second kappa shape index (κ2) is 5.84. The van der Waals surface area contributed by atoms with E-state index < -0.39 is 0 Å². The van der Waals surface area contributed by atoms with Crippen LogP contribution in [0.4, 0.5) is 5.95 Å². The molecule has 126 valence electrons. The first-order chi connectivity index (χ1) is 12.1. The molecule has 2 amide bonds. The molecule has 0 N–H and O–H groups in total. The molecule has 5 heteroatoms. The van der Waals surface area contributed by atoms with Gasteiger partial charge in [-0.15, -0.1) is 0 Å². The van der Waals surface area contributed by atoms with Crippen LogP contribution in [0, 0.1) is 5.92 Å². The molecule has 0 spiro atoms. The van der Waals surface area contributed by atoms with Gasteiger partial charge in [-0.2, -0.15) is 0 Å². The number of anilines is 1. The van der Waals surface area contributed by atoms with Gasteiger partial charge in [0, 0.05) is 13.5 Å². The van der Waals surface area contributed by atoms with Gasteiger partial charge in [0.25, 0.3) is 0 Å². The van der Waals surface area contributed by atoms with E-state index in [1.807, 2.05) is 68.6 Å². The Balaban J connectivity index is 1.70. The summed E-state index contributed by atoms with van der Waals surface area (Å²) in [5.74, 6) is -0.318. The first kappa shape index (κ1) is 15.6. The first-order valence-corrected chi connectivity index (χ1v) is 8.41. The Morgan fingerprint density at radius 2 is 1.72 bits per heavy atom. The average molecular weight is 333 g/mol. The van der Waals surface area contributed by atoms with Gasteiger partial charge in [-0.3, -0.25) is 9.59 Å². The van der Waals surface area contributed by atoms with Gasteiger partial charge in [0.15, 0.2) is 0 Å². The number of fused-ring (bicyclic) bond motifs is 1. The number of para-hydroxylation sites is 2. The number of carbonyl (C=O) groups is 2. The lowest BCUT2D eigenvalue weighted by Crippen LogP contribution is -2.33. The normalized spacial score (nSPS) is 19.0. The molecule has 0 saturated carbocycles. The molecule has 1 aromatic heterocycles. The predicted molar refractivity (Wildman–Crippen MR) is 96.2 cm³/mol. The topological polar surface area (TPSA) is 55.2 Å². The van der Waals surface area contributed by atoms with Gasteiger partial charge in [-0.05, 0) is 23.6 Å². The SMILES string of the molecule is CC(c1ccccc1)C1CC(=O)N(c2nc3ccccc3n2C)C1=O. The average Bonchev–Trinajstić information content (AvgIpc) is 3.12. The summed E-state index contributed by atoms with van der Waals surface area (Å²) in [6.07, 6.45) is 0.220. The van der Waals surface area contributed by atoms with Gasteiger partial charge in [0.1, 0.15) is 0 Å². The Hall–Kier alpha value is -2.95. The molecular formula is C20H19N3O2. The van der Waals surface area contributed by atoms with Gasteiger partial charge in [-0.1, -0.05) is 49.4 Å². The number of aromatic nitrogens is 2. The fraction of sp³-hybridized carbons (Fsp3) is 0.250. The lowest BCUT2D eigenvalue weighted by Gasteiger charge is -2.18. The van der Waals surface area contributed by atoms with Gasteiger partial charge in [0.05, 0.1) is 17.0 Å². The van der Waals surface area contributed by atoms with Crippen LogP contribution in [-0.4, -0.2) is 21.4 Å². The van der Waals surface area contributed by atoms with E-state index in [-0.39, 0.29) is 30.1 Å². The van der Waals surface area contributed by atoms with Gasteiger partial charge in [-0.25, -0.2) is 9.88 Å². The third-order valence-corrected chi connectivity index (χ3v) is 5.07. The minimum Gasteiger partial charge on any atom is -0.312 e. The molecular weight excluding hydrogens is 314 g/mol. The van der Waals surface area contributed by atoms with E-state index in [0.717, 1.165) is 16.6 Å². The highest BCUT2D eigenvalue weighted by Gasteiger charge is 2.44. The molecule has 1 aliphatic heterocycles. The number of benzene rings is 2. The standard InChI is InChI=1S/C20H19N3O2/c1-13(14-8-4-3-5-9-14)15-12-18(24)23(19(15)25)20-21-16-10-6-7-11-17(16)22(20)2/h3-11,13,15H,12H2,1-2H3. The highest BCUT2D eigenvalue weighted by molar-refractivity contribution is 6.20. The van der Waals surface area contributed by atoms with Gasteiger partial charge >= 0.3 is 0 Å². The van der Waals surface area contributed by atoms with Crippen LogP contribution in [0.15, 0.2) is 54.6 Å². The van der Waals surface area contributed by atoms with Crippen LogP contribution in [0.5, 0.6) is 0 Å². The highest BCUT2D eigenvalue weighted by Crippen LogP contribution is 2.36. The van der Waals surface area contributed by atoms with Crippen molar-refractivity contribution in [2.24, 2.45) is 13.0 Å². The van der Waals surface area contributed by atoms with E-state index in [4.69, 9.17) is 0 Å². The van der Waals surface area contributed by atoms with E-state index in [9.17, 15) is 9.59 Å². The number of imidazole rings is 1. The first-order valence-electron chi connectivity index (χ1n) is 8.41. The zero-order valence-corrected chi connectivity index (χ0v) is 14.2. The summed E-state index contributed by atoms with van der Waals surface area (Å²) in [5, 5.41) is 0. The maximum Gasteiger partial charge on any atom is 0.240 e. The number of imide groups is 1. The Kier molecular flexibility index (Phi) is 3.64. The van der Waals surface area contributed by atoms with Crippen LogP contribution < -0.4 is 4.90 Å². The van der Waals surface area contributed by atoms with Crippen molar-refractivity contribution in [3.05, 3.63) is 60.2 Å². The zero-order valence-electron chi connectivity index (χ0n) is 14.2. The van der Waals surface area contributed by atoms with Crippen LogP contribution in [0.25, 0.3) is 11.0 Å². The van der Waals surface area contributed by atoms with Crippen molar-refractivity contribution >= 4 is 28.8 Å². The predicted octanol–water partition coefficient (Wildman–Crippen LogP) is 3.26.